The van der Waals surface area contributed by atoms with Crippen LogP contribution in [0.4, 0.5) is 4.39 Å². The van der Waals surface area contributed by atoms with Gasteiger partial charge in [-0.1, -0.05) is 32.1 Å². The van der Waals surface area contributed by atoms with Crippen LogP contribution < -0.4 is 5.32 Å². The number of hydrogen-bond donors (Lipinski definition) is 1. The Balaban J connectivity index is 5.20. The van der Waals surface area contributed by atoms with Crippen LogP contribution in [0.1, 0.15) is 33.6 Å². The largest absolute Gasteiger partial charge is 0.347 e. The van der Waals surface area contributed by atoms with Crippen molar-refractivity contribution in [2.75, 3.05) is 12.0 Å². The molecule has 0 bridgehead atoms. The van der Waals surface area contributed by atoms with E-state index in [4.69, 9.17) is 0 Å². The Kier molecular flexibility index (Phi) is 9.62. The van der Waals surface area contributed by atoms with Crippen LogP contribution in [0.5, 0.6) is 0 Å². The first-order chi connectivity index (χ1) is 9.81. The number of nitrogens with zero attached hydrogens (tertiary/aromatic N) is 1. The van der Waals surface area contributed by atoms with Gasteiger partial charge in [-0.25, -0.2) is 17.8 Å². The first-order valence-electron chi connectivity index (χ1n) is 6.98. The fourth-order valence-corrected chi connectivity index (χ4v) is 1.90. The SMILES string of the molecule is CC/C=C(/C(=N\C=C\CS(C)(=O)=O)N/C=C/CC)C(C)F. The Labute approximate surface area is 127 Å². The number of alkyl halides is 1. The molecule has 0 aromatic heterocycles. The second-order valence-corrected chi connectivity index (χ2v) is 6.78. The number of rotatable bonds is 8. The smallest absolute Gasteiger partial charge is 0.151 e. The standard InChI is InChI=1S/C15H25FN2O2S/c1-5-7-10-17-15(14(9-6-2)13(3)16)18-11-8-12-21(4,19)20/h7-11,13H,5-6,12H2,1-4H3,(H,17,18)/b10-7+,11-8+,14-9+. The fourth-order valence-electron chi connectivity index (χ4n) is 1.46. The lowest BCUT2D eigenvalue weighted by Gasteiger charge is -2.11. The molecule has 0 saturated carbocycles. The highest BCUT2D eigenvalue weighted by atomic mass is 32.2. The van der Waals surface area contributed by atoms with Gasteiger partial charge in [0.05, 0.1) is 5.75 Å². The van der Waals surface area contributed by atoms with Gasteiger partial charge in [0.25, 0.3) is 0 Å². The van der Waals surface area contributed by atoms with Crippen molar-refractivity contribution in [3.05, 3.63) is 36.2 Å². The predicted molar refractivity (Wildman–Crippen MR) is 87.8 cm³/mol. The average Bonchev–Trinajstić information content (AvgIpc) is 2.38. The van der Waals surface area contributed by atoms with Gasteiger partial charge in [-0.05, 0) is 26.0 Å². The molecular weight excluding hydrogens is 291 g/mol. The van der Waals surface area contributed by atoms with Gasteiger partial charge in [-0.15, -0.1) is 0 Å². The van der Waals surface area contributed by atoms with Crippen LogP contribution in [-0.4, -0.2) is 32.4 Å². The topological polar surface area (TPSA) is 58.5 Å². The number of nitrogens with one attached hydrogen (secondary N) is 1. The van der Waals surface area contributed by atoms with Crippen molar-refractivity contribution in [3.8, 4) is 0 Å². The molecule has 0 heterocycles. The molecule has 0 aliphatic carbocycles. The van der Waals surface area contributed by atoms with Gasteiger partial charge in [-0.3, -0.25) is 0 Å². The second kappa shape index (κ2) is 10.3. The van der Waals surface area contributed by atoms with Crippen LogP contribution in [0.15, 0.2) is 41.2 Å². The molecule has 4 nitrogen and oxygen atoms in total. The number of halogens is 1. The third-order valence-electron chi connectivity index (χ3n) is 2.41. The molecular formula is C15H25FN2O2S. The lowest BCUT2D eigenvalue weighted by atomic mass is 10.1. The zero-order valence-corrected chi connectivity index (χ0v) is 14.0. The van der Waals surface area contributed by atoms with E-state index in [-0.39, 0.29) is 5.75 Å². The van der Waals surface area contributed by atoms with Crippen LogP contribution in [-0.2, 0) is 9.84 Å². The summed E-state index contributed by atoms with van der Waals surface area (Å²) in [5.41, 5.74) is 0.460. The molecule has 1 atom stereocenters. The van der Waals surface area contributed by atoms with Crippen LogP contribution in [0, 0.1) is 0 Å². The molecule has 0 fully saturated rings. The minimum Gasteiger partial charge on any atom is -0.347 e. The van der Waals surface area contributed by atoms with Gasteiger partial charge in [0.15, 0.2) is 9.84 Å². The first kappa shape index (κ1) is 19.6. The Hall–Kier alpha value is -1.43. The summed E-state index contributed by atoms with van der Waals surface area (Å²) >= 11 is 0. The first-order valence-corrected chi connectivity index (χ1v) is 9.04. The summed E-state index contributed by atoms with van der Waals surface area (Å²) in [5.74, 6) is 0.299. The molecule has 0 aliphatic heterocycles. The maximum atomic E-state index is 13.7. The molecule has 1 N–H and O–H groups in total. The minimum atomic E-state index is -3.07. The minimum absolute atomic E-state index is 0.0907. The lowest BCUT2D eigenvalue weighted by Crippen LogP contribution is -2.24. The molecule has 120 valence electrons. The third-order valence-corrected chi connectivity index (χ3v) is 3.21. The van der Waals surface area contributed by atoms with Crippen molar-refractivity contribution in [2.24, 2.45) is 4.99 Å². The van der Waals surface area contributed by atoms with E-state index in [1.165, 1.54) is 19.2 Å². The van der Waals surface area contributed by atoms with Crippen LogP contribution >= 0.6 is 0 Å². The molecule has 0 amide bonds. The molecule has 0 rings (SSSR count). The van der Waals surface area contributed by atoms with Gasteiger partial charge in [0.1, 0.15) is 12.0 Å². The molecule has 0 aromatic carbocycles. The van der Waals surface area contributed by atoms with Crippen molar-refractivity contribution < 1.29 is 12.8 Å². The van der Waals surface area contributed by atoms with Crippen molar-refractivity contribution in [1.82, 2.24) is 5.32 Å². The van der Waals surface area contributed by atoms with E-state index in [1.807, 2.05) is 19.9 Å². The van der Waals surface area contributed by atoms with Crippen LogP contribution in [0.25, 0.3) is 0 Å². The van der Waals surface area contributed by atoms with Crippen LogP contribution in [0.2, 0.25) is 0 Å². The molecule has 1 unspecified atom stereocenters. The van der Waals surface area contributed by atoms with E-state index in [0.29, 0.717) is 17.8 Å². The van der Waals surface area contributed by atoms with E-state index in [9.17, 15) is 12.8 Å². The predicted octanol–water partition coefficient (Wildman–Crippen LogP) is 3.15. The number of sulfone groups is 1. The maximum Gasteiger partial charge on any atom is 0.151 e. The Morgan fingerprint density at radius 1 is 1.29 bits per heavy atom. The average molecular weight is 316 g/mol. The Morgan fingerprint density at radius 3 is 2.43 bits per heavy atom. The summed E-state index contributed by atoms with van der Waals surface area (Å²) < 4.78 is 35.7. The fraction of sp³-hybridized carbons (Fsp3) is 0.533. The van der Waals surface area contributed by atoms with Crippen molar-refractivity contribution in [1.29, 1.82) is 0 Å². The lowest BCUT2D eigenvalue weighted by molar-refractivity contribution is 0.419. The zero-order valence-electron chi connectivity index (χ0n) is 13.1. The van der Waals surface area contributed by atoms with E-state index in [0.717, 1.165) is 12.7 Å². The Bertz CT molecular complexity index is 518. The quantitative estimate of drug-likeness (QED) is 0.553. The van der Waals surface area contributed by atoms with Gasteiger partial charge < -0.3 is 5.32 Å². The molecule has 0 radical (unpaired) electrons. The van der Waals surface area contributed by atoms with E-state index < -0.39 is 16.0 Å². The zero-order chi connectivity index (χ0) is 16.3. The van der Waals surface area contributed by atoms with E-state index >= 15 is 0 Å². The van der Waals surface area contributed by atoms with E-state index in [1.54, 1.807) is 12.3 Å². The maximum absolute atomic E-state index is 13.7. The summed E-state index contributed by atoms with van der Waals surface area (Å²) in [6.07, 6.45) is 9.71. The highest BCUT2D eigenvalue weighted by Crippen LogP contribution is 2.09. The summed E-state index contributed by atoms with van der Waals surface area (Å²) in [4.78, 5) is 4.14. The van der Waals surface area contributed by atoms with Crippen molar-refractivity contribution >= 4 is 15.7 Å². The van der Waals surface area contributed by atoms with E-state index in [2.05, 4.69) is 10.3 Å². The highest BCUT2D eigenvalue weighted by Gasteiger charge is 2.12. The van der Waals surface area contributed by atoms with Gasteiger partial charge in [0.2, 0.25) is 0 Å². The molecule has 6 heteroatoms. The summed E-state index contributed by atoms with van der Waals surface area (Å²) in [7, 11) is -3.07. The van der Waals surface area contributed by atoms with Gasteiger partial charge >= 0.3 is 0 Å². The summed E-state index contributed by atoms with van der Waals surface area (Å²) in [6, 6.07) is 0. The van der Waals surface area contributed by atoms with Crippen molar-refractivity contribution in [2.45, 2.75) is 39.8 Å². The highest BCUT2D eigenvalue weighted by molar-refractivity contribution is 7.90. The third kappa shape index (κ3) is 10.0. The molecule has 0 aromatic rings. The normalized spacial score (nSPS) is 15.9. The number of amidine groups is 1. The summed E-state index contributed by atoms with van der Waals surface area (Å²) in [6.45, 7) is 5.35. The van der Waals surface area contributed by atoms with Gasteiger partial charge in [-0.2, -0.15) is 0 Å². The van der Waals surface area contributed by atoms with Crippen molar-refractivity contribution in [3.63, 3.8) is 0 Å². The monoisotopic (exact) mass is 316 g/mol. The Morgan fingerprint density at radius 2 is 1.95 bits per heavy atom. The van der Waals surface area contributed by atoms with Gasteiger partial charge in [0, 0.05) is 18.0 Å². The number of aliphatic imine (C=N–C) groups is 1. The number of hydrogen-bond acceptors (Lipinski definition) is 3. The molecule has 0 spiro atoms. The summed E-state index contributed by atoms with van der Waals surface area (Å²) in [5, 5.41) is 2.95. The second-order valence-electron chi connectivity index (χ2n) is 4.59. The molecule has 0 saturated heterocycles. The number of allylic oxidation sites excluding steroid dienone is 2. The molecule has 21 heavy (non-hydrogen) atoms. The van der Waals surface area contributed by atoms with Crippen LogP contribution in [0.3, 0.4) is 0 Å². The molecule has 0 aliphatic rings.